The maximum atomic E-state index is 6.04. The molecule has 2 aliphatic rings. The number of nitrogens with zero attached hydrogens (tertiary/aromatic N) is 1. The molecule has 0 spiro atoms. The molecule has 0 aromatic heterocycles. The Hall–Kier alpha value is -0.770. The van der Waals surface area contributed by atoms with Crippen LogP contribution in [0.2, 0.25) is 5.02 Å². The summed E-state index contributed by atoms with van der Waals surface area (Å²) in [7, 11) is 2.04. The molecule has 2 heterocycles. The summed E-state index contributed by atoms with van der Waals surface area (Å²) >= 11 is 6.04. The molecule has 1 saturated heterocycles. The van der Waals surface area contributed by atoms with Gasteiger partial charge in [-0.1, -0.05) is 11.6 Å². The van der Waals surface area contributed by atoms with Crippen LogP contribution in [-0.2, 0) is 6.42 Å². The molecule has 1 aromatic carbocycles. The molecule has 1 atom stereocenters. The third-order valence-electron chi connectivity index (χ3n) is 4.43. The van der Waals surface area contributed by atoms with Crippen LogP contribution in [0.25, 0.3) is 0 Å². The van der Waals surface area contributed by atoms with E-state index >= 15 is 0 Å². The van der Waals surface area contributed by atoms with Crippen LogP contribution in [0.3, 0.4) is 0 Å². The van der Waals surface area contributed by atoms with Crippen molar-refractivity contribution in [2.75, 3.05) is 33.2 Å². The maximum Gasteiger partial charge on any atom is 0.123 e. The summed E-state index contributed by atoms with van der Waals surface area (Å²) in [6.45, 7) is 4.59. The molecule has 0 saturated carbocycles. The fourth-order valence-electron chi connectivity index (χ4n) is 3.34. The van der Waals surface area contributed by atoms with E-state index in [0.717, 1.165) is 36.2 Å². The van der Waals surface area contributed by atoms with Crippen LogP contribution in [0, 0.1) is 5.92 Å². The number of nitrogens with one attached hydrogen (secondary N) is 1. The first kappa shape index (κ1) is 14.2. The minimum absolute atomic E-state index is 0.296. The van der Waals surface area contributed by atoms with Crippen molar-refractivity contribution >= 4 is 11.6 Å². The molecule has 1 fully saturated rings. The lowest BCUT2D eigenvalue weighted by molar-refractivity contribution is 0.117. The van der Waals surface area contributed by atoms with Gasteiger partial charge in [-0.2, -0.15) is 0 Å². The van der Waals surface area contributed by atoms with Gasteiger partial charge in [0.1, 0.15) is 11.9 Å². The molecule has 3 nitrogen and oxygen atoms in total. The van der Waals surface area contributed by atoms with Crippen LogP contribution in [0.4, 0.5) is 0 Å². The quantitative estimate of drug-likeness (QED) is 0.924. The summed E-state index contributed by atoms with van der Waals surface area (Å²) in [5, 5.41) is 4.09. The van der Waals surface area contributed by atoms with Crippen molar-refractivity contribution in [3.63, 3.8) is 0 Å². The summed E-state index contributed by atoms with van der Waals surface area (Å²) < 4.78 is 6.03. The minimum atomic E-state index is 0.296. The van der Waals surface area contributed by atoms with Crippen molar-refractivity contribution in [2.45, 2.75) is 25.4 Å². The summed E-state index contributed by atoms with van der Waals surface area (Å²) in [5.41, 5.74) is 1.26. The van der Waals surface area contributed by atoms with Gasteiger partial charge in [0.25, 0.3) is 0 Å². The summed E-state index contributed by atoms with van der Waals surface area (Å²) in [5.74, 6) is 1.86. The summed E-state index contributed by atoms with van der Waals surface area (Å²) in [6.07, 6.45) is 3.88. The van der Waals surface area contributed by atoms with E-state index in [0.29, 0.717) is 6.10 Å². The number of fused-ring (bicyclic) bond motifs is 1. The summed E-state index contributed by atoms with van der Waals surface area (Å²) in [6, 6.07) is 5.94. The lowest BCUT2D eigenvalue weighted by atomic mass is 9.96. The van der Waals surface area contributed by atoms with Crippen LogP contribution in [0.15, 0.2) is 18.2 Å². The van der Waals surface area contributed by atoms with Gasteiger partial charge in [-0.05, 0) is 69.2 Å². The number of hydrogen-bond acceptors (Lipinski definition) is 3. The van der Waals surface area contributed by atoms with Gasteiger partial charge in [0.05, 0.1) is 0 Å². The van der Waals surface area contributed by atoms with Gasteiger partial charge < -0.3 is 10.1 Å². The zero-order valence-electron chi connectivity index (χ0n) is 12.1. The molecule has 1 unspecified atom stereocenters. The smallest absolute Gasteiger partial charge is 0.123 e. The van der Waals surface area contributed by atoms with E-state index in [1.54, 1.807) is 0 Å². The Morgan fingerprint density at radius 2 is 2.15 bits per heavy atom. The molecular weight excluding hydrogens is 272 g/mol. The molecule has 4 heteroatoms. The molecule has 110 valence electrons. The van der Waals surface area contributed by atoms with E-state index < -0.39 is 0 Å². The first-order chi connectivity index (χ1) is 9.74. The van der Waals surface area contributed by atoms with E-state index in [2.05, 4.69) is 10.2 Å². The first-order valence-corrected chi connectivity index (χ1v) is 7.94. The molecule has 1 aromatic rings. The number of halogens is 1. The van der Waals surface area contributed by atoms with Gasteiger partial charge in [0.15, 0.2) is 0 Å². The van der Waals surface area contributed by atoms with E-state index in [1.165, 1.54) is 31.5 Å². The lowest BCUT2D eigenvalue weighted by Crippen LogP contribution is -2.41. The van der Waals surface area contributed by atoms with E-state index in [4.69, 9.17) is 16.3 Å². The van der Waals surface area contributed by atoms with Crippen molar-refractivity contribution < 1.29 is 4.74 Å². The highest BCUT2D eigenvalue weighted by molar-refractivity contribution is 6.30. The molecule has 0 amide bonds. The van der Waals surface area contributed by atoms with Crippen LogP contribution in [0.1, 0.15) is 18.4 Å². The Morgan fingerprint density at radius 1 is 1.35 bits per heavy atom. The SMILES string of the molecule is CNCC1CCN(CC2Cc3cc(Cl)ccc3O2)CC1. The normalized spacial score (nSPS) is 23.6. The van der Waals surface area contributed by atoms with Crippen molar-refractivity contribution in [1.82, 2.24) is 10.2 Å². The van der Waals surface area contributed by atoms with Crippen molar-refractivity contribution in [1.29, 1.82) is 0 Å². The molecule has 2 aliphatic heterocycles. The second-order valence-electron chi connectivity index (χ2n) is 6.00. The largest absolute Gasteiger partial charge is 0.488 e. The Balaban J connectivity index is 1.49. The second kappa shape index (κ2) is 6.33. The second-order valence-corrected chi connectivity index (χ2v) is 6.43. The van der Waals surface area contributed by atoms with E-state index in [9.17, 15) is 0 Å². The number of ether oxygens (including phenoxy) is 1. The highest BCUT2D eigenvalue weighted by atomic mass is 35.5. The van der Waals surface area contributed by atoms with E-state index in [1.807, 2.05) is 25.2 Å². The predicted molar refractivity (Wildman–Crippen MR) is 82.7 cm³/mol. The van der Waals surface area contributed by atoms with Crippen LogP contribution < -0.4 is 10.1 Å². The fraction of sp³-hybridized carbons (Fsp3) is 0.625. The maximum absolute atomic E-state index is 6.04. The van der Waals surface area contributed by atoms with Gasteiger partial charge in [-0.3, -0.25) is 4.90 Å². The first-order valence-electron chi connectivity index (χ1n) is 7.56. The monoisotopic (exact) mass is 294 g/mol. The molecule has 0 bridgehead atoms. The summed E-state index contributed by atoms with van der Waals surface area (Å²) in [4.78, 5) is 2.55. The van der Waals surface area contributed by atoms with Gasteiger partial charge in [0.2, 0.25) is 0 Å². The van der Waals surface area contributed by atoms with Crippen LogP contribution in [-0.4, -0.2) is 44.2 Å². The van der Waals surface area contributed by atoms with Gasteiger partial charge in [-0.25, -0.2) is 0 Å². The average molecular weight is 295 g/mol. The zero-order valence-corrected chi connectivity index (χ0v) is 12.8. The van der Waals surface area contributed by atoms with Crippen molar-refractivity contribution in [3.8, 4) is 5.75 Å². The van der Waals surface area contributed by atoms with Crippen LogP contribution in [0.5, 0.6) is 5.75 Å². The topological polar surface area (TPSA) is 24.5 Å². The fourth-order valence-corrected chi connectivity index (χ4v) is 3.54. The highest BCUT2D eigenvalue weighted by Gasteiger charge is 2.27. The Bertz CT molecular complexity index is 458. The molecule has 0 aliphatic carbocycles. The molecule has 1 N–H and O–H groups in total. The van der Waals surface area contributed by atoms with Crippen molar-refractivity contribution in [3.05, 3.63) is 28.8 Å². The standard InChI is InChI=1S/C16H23ClN2O/c1-18-10-12-4-6-19(7-5-12)11-15-9-13-8-14(17)2-3-16(13)20-15/h2-3,8,12,15,18H,4-7,9-11H2,1H3. The number of rotatable bonds is 4. The third-order valence-corrected chi connectivity index (χ3v) is 4.66. The zero-order chi connectivity index (χ0) is 13.9. The van der Waals surface area contributed by atoms with Crippen LogP contribution >= 0.6 is 11.6 Å². The number of piperidine rings is 1. The van der Waals surface area contributed by atoms with E-state index in [-0.39, 0.29) is 0 Å². The van der Waals surface area contributed by atoms with Gasteiger partial charge >= 0.3 is 0 Å². The minimum Gasteiger partial charge on any atom is -0.488 e. The Labute approximate surface area is 126 Å². The molecular formula is C16H23ClN2O. The van der Waals surface area contributed by atoms with Crippen molar-refractivity contribution in [2.24, 2.45) is 5.92 Å². The Kier molecular flexibility index (Phi) is 4.49. The molecule has 20 heavy (non-hydrogen) atoms. The number of likely N-dealkylation sites (tertiary alicyclic amines) is 1. The number of benzene rings is 1. The molecule has 0 radical (unpaired) electrons. The average Bonchev–Trinajstić information content (AvgIpc) is 2.82. The van der Waals surface area contributed by atoms with Gasteiger partial charge in [0, 0.05) is 18.0 Å². The highest BCUT2D eigenvalue weighted by Crippen LogP contribution is 2.31. The Morgan fingerprint density at radius 3 is 2.90 bits per heavy atom. The predicted octanol–water partition coefficient (Wildman–Crippen LogP) is 2.57. The molecule has 3 rings (SSSR count). The van der Waals surface area contributed by atoms with Gasteiger partial charge in [-0.15, -0.1) is 0 Å². The lowest BCUT2D eigenvalue weighted by Gasteiger charge is -2.33. The third kappa shape index (κ3) is 3.27. The number of hydrogen-bond donors (Lipinski definition) is 1.